The first-order valence-corrected chi connectivity index (χ1v) is 9.28. The van der Waals surface area contributed by atoms with Crippen molar-refractivity contribution in [1.82, 2.24) is 9.55 Å². The monoisotopic (exact) mass is 400 g/mol. The van der Waals surface area contributed by atoms with Gasteiger partial charge in [-0.2, -0.15) is 0 Å². The van der Waals surface area contributed by atoms with Gasteiger partial charge in [-0.25, -0.2) is 9.98 Å². The molecule has 0 saturated carbocycles. The largest absolute Gasteiger partial charge is 0.494 e. The average molecular weight is 400 g/mol. The first-order valence-electron chi connectivity index (χ1n) is 9.28. The Kier molecular flexibility index (Phi) is 4.93. The maximum Gasteiger partial charge on any atom is 0.230 e. The number of aliphatic imine (C=N–C) groups is 1. The van der Waals surface area contributed by atoms with E-state index < -0.39 is 0 Å². The summed E-state index contributed by atoms with van der Waals surface area (Å²) in [6.07, 6.45) is 1.58. The van der Waals surface area contributed by atoms with Crippen LogP contribution in [0.2, 0.25) is 0 Å². The highest BCUT2D eigenvalue weighted by Gasteiger charge is 2.24. The number of aromatic hydroxyl groups is 1. The second kappa shape index (κ2) is 7.71. The summed E-state index contributed by atoms with van der Waals surface area (Å²) < 4.78 is 6.35. The zero-order chi connectivity index (χ0) is 21.3. The van der Waals surface area contributed by atoms with Crippen LogP contribution >= 0.6 is 0 Å². The molecule has 0 unspecified atom stereocenters. The molecule has 2 aromatic carbocycles. The highest BCUT2D eigenvalue weighted by atomic mass is 16.5. The summed E-state index contributed by atoms with van der Waals surface area (Å²) in [5.41, 5.74) is 9.26. The van der Waals surface area contributed by atoms with Gasteiger partial charge >= 0.3 is 0 Å². The number of nitrogen functional groups attached to an aromatic ring is 1. The van der Waals surface area contributed by atoms with Crippen LogP contribution in [0.4, 0.5) is 11.4 Å². The normalized spacial score (nSPS) is 11.6. The molecule has 30 heavy (non-hydrogen) atoms. The zero-order valence-electron chi connectivity index (χ0n) is 16.5. The minimum Gasteiger partial charge on any atom is -0.494 e. The summed E-state index contributed by atoms with van der Waals surface area (Å²) in [6.45, 7) is 1.39. The summed E-state index contributed by atoms with van der Waals surface area (Å²) in [4.78, 5) is 21.3. The van der Waals surface area contributed by atoms with Crippen molar-refractivity contribution in [2.24, 2.45) is 4.99 Å². The number of methoxy groups -OCH3 is 1. The molecule has 0 saturated heterocycles. The Hall–Kier alpha value is -4.13. The molecule has 0 atom stereocenters. The fraction of sp³-hybridized carbons (Fsp3) is 0.0870. The fourth-order valence-electron chi connectivity index (χ4n) is 3.39. The minimum atomic E-state index is -0.326. The van der Waals surface area contributed by atoms with E-state index in [0.717, 1.165) is 5.56 Å². The van der Waals surface area contributed by atoms with E-state index in [0.29, 0.717) is 39.4 Å². The highest BCUT2D eigenvalue weighted by Crippen LogP contribution is 2.35. The molecular weight excluding hydrogens is 380 g/mol. The van der Waals surface area contributed by atoms with Crippen LogP contribution in [0.3, 0.4) is 0 Å². The highest BCUT2D eigenvalue weighted by molar-refractivity contribution is 6.23. The predicted molar refractivity (Wildman–Crippen MR) is 117 cm³/mol. The van der Waals surface area contributed by atoms with E-state index in [2.05, 4.69) is 4.98 Å². The summed E-state index contributed by atoms with van der Waals surface area (Å²) in [6, 6.07) is 18.1. The molecule has 0 spiro atoms. The van der Waals surface area contributed by atoms with Crippen molar-refractivity contribution in [3.8, 4) is 11.8 Å². The third-order valence-corrected chi connectivity index (χ3v) is 4.74. The minimum absolute atomic E-state index is 0.188. The zero-order valence-corrected chi connectivity index (χ0v) is 16.5. The van der Waals surface area contributed by atoms with Crippen molar-refractivity contribution < 1.29 is 14.6 Å². The maximum absolute atomic E-state index is 12.3. The van der Waals surface area contributed by atoms with Crippen molar-refractivity contribution in [3.05, 3.63) is 78.0 Å². The van der Waals surface area contributed by atoms with E-state index in [1.54, 1.807) is 43.6 Å². The van der Waals surface area contributed by atoms with Crippen LogP contribution < -0.4 is 10.5 Å². The van der Waals surface area contributed by atoms with E-state index in [1.165, 1.54) is 11.5 Å². The number of ether oxygens (including phenoxy) is 1. The number of rotatable bonds is 4. The van der Waals surface area contributed by atoms with E-state index in [1.807, 2.05) is 30.3 Å². The van der Waals surface area contributed by atoms with E-state index >= 15 is 0 Å². The summed E-state index contributed by atoms with van der Waals surface area (Å²) in [5.74, 6) is -0.0400. The van der Waals surface area contributed by atoms with Crippen LogP contribution in [-0.2, 0) is 0 Å². The number of carbonyl (C=O) groups excluding carboxylic acids is 1. The van der Waals surface area contributed by atoms with Crippen LogP contribution in [-0.4, -0.2) is 33.4 Å². The molecule has 2 aromatic heterocycles. The van der Waals surface area contributed by atoms with Crippen LogP contribution in [0.15, 0.2) is 71.9 Å². The molecule has 0 aliphatic carbocycles. The number of anilines is 1. The van der Waals surface area contributed by atoms with Gasteiger partial charge in [0.15, 0.2) is 0 Å². The Labute approximate surface area is 173 Å². The number of fused-ring (bicyclic) bond motifs is 1. The predicted octanol–water partition coefficient (Wildman–Crippen LogP) is 4.16. The molecule has 0 aliphatic heterocycles. The first-order chi connectivity index (χ1) is 14.5. The number of aromatic nitrogens is 2. The van der Waals surface area contributed by atoms with Gasteiger partial charge in [-0.15, -0.1) is 0 Å². The second-order valence-electron chi connectivity index (χ2n) is 6.71. The van der Waals surface area contributed by atoms with Gasteiger partial charge in [-0.05, 0) is 24.3 Å². The van der Waals surface area contributed by atoms with Gasteiger partial charge in [-0.1, -0.05) is 30.3 Å². The van der Waals surface area contributed by atoms with Crippen LogP contribution in [0, 0.1) is 0 Å². The molecule has 2 heterocycles. The second-order valence-corrected chi connectivity index (χ2v) is 6.71. The van der Waals surface area contributed by atoms with E-state index in [-0.39, 0.29) is 11.8 Å². The molecule has 4 rings (SSSR count). The SMILES string of the molecule is COc1ccc(N=C(c2ccccc2)c2c(O)n(C(C)=O)c3cc(N)ccc23)cn1. The Bertz CT molecular complexity index is 1260. The van der Waals surface area contributed by atoms with Crippen molar-refractivity contribution in [2.75, 3.05) is 12.8 Å². The third-order valence-electron chi connectivity index (χ3n) is 4.74. The molecule has 7 heteroatoms. The van der Waals surface area contributed by atoms with Gasteiger partial charge in [0.25, 0.3) is 0 Å². The summed E-state index contributed by atoms with van der Waals surface area (Å²) in [7, 11) is 1.54. The fourth-order valence-corrected chi connectivity index (χ4v) is 3.39. The standard InChI is InChI=1S/C23H20N4O3/c1-14(28)27-19-12-16(24)8-10-18(19)21(23(27)29)22(15-6-4-3-5-7-15)26-17-9-11-20(30-2)25-13-17/h3-13,29H,24H2,1-2H3. The number of benzene rings is 2. The maximum atomic E-state index is 12.3. The molecule has 150 valence electrons. The van der Waals surface area contributed by atoms with Crippen molar-refractivity contribution in [3.63, 3.8) is 0 Å². The average Bonchev–Trinajstić information content (AvgIpc) is 3.04. The molecular formula is C23H20N4O3. The number of carbonyl (C=O) groups is 1. The van der Waals surface area contributed by atoms with Gasteiger partial charge in [0.05, 0.1) is 35.8 Å². The number of pyridine rings is 1. The third kappa shape index (κ3) is 3.37. The number of hydrogen-bond donors (Lipinski definition) is 2. The van der Waals surface area contributed by atoms with Gasteiger partial charge < -0.3 is 15.6 Å². The van der Waals surface area contributed by atoms with Crippen LogP contribution in [0.5, 0.6) is 11.8 Å². The topological polar surface area (TPSA) is 103 Å². The molecule has 0 bridgehead atoms. The number of nitrogens with zero attached hydrogens (tertiary/aromatic N) is 3. The van der Waals surface area contributed by atoms with E-state index in [4.69, 9.17) is 15.5 Å². The number of hydrogen-bond acceptors (Lipinski definition) is 6. The van der Waals surface area contributed by atoms with Gasteiger partial charge in [0.1, 0.15) is 0 Å². The lowest BCUT2D eigenvalue weighted by Gasteiger charge is -2.08. The van der Waals surface area contributed by atoms with Gasteiger partial charge in [0.2, 0.25) is 17.7 Å². The Morgan fingerprint density at radius 2 is 1.90 bits per heavy atom. The lowest BCUT2D eigenvalue weighted by Crippen LogP contribution is -2.06. The molecule has 3 N–H and O–H groups in total. The lowest BCUT2D eigenvalue weighted by atomic mass is 10.0. The molecule has 4 aromatic rings. The molecule has 7 nitrogen and oxygen atoms in total. The molecule has 0 fully saturated rings. The summed E-state index contributed by atoms with van der Waals surface area (Å²) >= 11 is 0. The summed E-state index contributed by atoms with van der Waals surface area (Å²) in [5, 5.41) is 11.7. The van der Waals surface area contributed by atoms with Crippen molar-refractivity contribution in [1.29, 1.82) is 0 Å². The number of nitrogens with two attached hydrogens (primary N) is 1. The first kappa shape index (κ1) is 19.2. The molecule has 0 amide bonds. The van der Waals surface area contributed by atoms with Crippen LogP contribution in [0.1, 0.15) is 22.8 Å². The quantitative estimate of drug-likeness (QED) is 0.395. The Balaban J connectivity index is 2.03. The van der Waals surface area contributed by atoms with Gasteiger partial charge in [0, 0.05) is 29.6 Å². The van der Waals surface area contributed by atoms with Crippen molar-refractivity contribution in [2.45, 2.75) is 6.92 Å². The lowest BCUT2D eigenvalue weighted by molar-refractivity contribution is 0.0933. The molecule has 0 radical (unpaired) electrons. The molecule has 0 aliphatic rings. The van der Waals surface area contributed by atoms with Gasteiger partial charge in [-0.3, -0.25) is 9.36 Å². The van der Waals surface area contributed by atoms with Crippen molar-refractivity contribution >= 4 is 33.9 Å². The van der Waals surface area contributed by atoms with E-state index in [9.17, 15) is 9.90 Å². The van der Waals surface area contributed by atoms with Crippen LogP contribution in [0.25, 0.3) is 10.9 Å². The Morgan fingerprint density at radius 1 is 1.13 bits per heavy atom. The smallest absolute Gasteiger partial charge is 0.230 e. The Morgan fingerprint density at radius 3 is 2.53 bits per heavy atom.